The lowest BCUT2D eigenvalue weighted by Gasteiger charge is -2.03. The highest BCUT2D eigenvalue weighted by atomic mass is 31.2. The van der Waals surface area contributed by atoms with Gasteiger partial charge in [0.2, 0.25) is 0 Å². The second kappa shape index (κ2) is 1.92. The first-order chi connectivity index (χ1) is 2.94. The molecule has 0 radical (unpaired) electrons. The van der Waals surface area contributed by atoms with E-state index in [2.05, 4.69) is 0 Å². The molecule has 3 N–H and O–H groups in total. The molecule has 0 heterocycles. The summed E-state index contributed by atoms with van der Waals surface area (Å²) in [5, 5.41) is 8.13. The third-order valence-corrected chi connectivity index (χ3v) is 1.46. The lowest BCUT2D eigenvalue weighted by atomic mass is 10.9. The topological polar surface area (TPSA) is 77.8 Å². The van der Waals surface area contributed by atoms with Gasteiger partial charge in [0, 0.05) is 0 Å². The van der Waals surface area contributed by atoms with Gasteiger partial charge in [-0.3, -0.25) is 4.57 Å². The molecule has 0 rings (SSSR count). The summed E-state index contributed by atoms with van der Waals surface area (Å²) < 4.78 is 9.78. The van der Waals surface area contributed by atoms with Crippen LogP contribution < -0.4 is 0 Å². The Morgan fingerprint density at radius 1 is 1.57 bits per heavy atom. The molecule has 1 atom stereocenters. The van der Waals surface area contributed by atoms with E-state index < -0.39 is 13.4 Å². The van der Waals surface area contributed by atoms with E-state index in [1.807, 2.05) is 0 Å². The van der Waals surface area contributed by atoms with Crippen LogP contribution in [0.3, 0.4) is 0 Å². The highest BCUT2D eigenvalue weighted by Gasteiger charge is 2.19. The summed E-state index contributed by atoms with van der Waals surface area (Å²) in [5.74, 6) is -1.53. The third kappa shape index (κ3) is 2.76. The van der Waals surface area contributed by atoms with Gasteiger partial charge >= 0.3 is 7.60 Å². The first-order valence-electron chi connectivity index (χ1n) is 1.68. The standard InChI is InChI=1S/C2H7O4P/c1-2(3)7(4,5)6/h2-3H,1H3,(H2,4,5,6)/t2-/m0/s1. The molecule has 0 aliphatic rings. The molecular weight excluding hydrogens is 119 g/mol. The Labute approximate surface area is 40.9 Å². The number of hydrogen-bond donors (Lipinski definition) is 3. The van der Waals surface area contributed by atoms with E-state index in [0.717, 1.165) is 6.92 Å². The number of aliphatic hydroxyl groups excluding tert-OH is 1. The molecule has 4 nitrogen and oxygen atoms in total. The van der Waals surface area contributed by atoms with E-state index in [4.69, 9.17) is 14.9 Å². The Morgan fingerprint density at radius 2 is 1.71 bits per heavy atom. The third-order valence-electron chi connectivity index (χ3n) is 0.487. The molecule has 0 aromatic heterocycles. The normalized spacial score (nSPS) is 16.6. The fourth-order valence-corrected chi connectivity index (χ4v) is 0. The summed E-state index contributed by atoms with van der Waals surface area (Å²) >= 11 is 0. The lowest BCUT2D eigenvalue weighted by molar-refractivity contribution is 0.218. The smallest absolute Gasteiger partial charge is 0.353 e. The molecule has 0 saturated carbocycles. The molecule has 0 aromatic carbocycles. The van der Waals surface area contributed by atoms with Crippen molar-refractivity contribution in [2.45, 2.75) is 12.8 Å². The summed E-state index contributed by atoms with van der Waals surface area (Å²) in [6.45, 7) is 1.04. The monoisotopic (exact) mass is 126 g/mol. The Balaban J connectivity index is 3.80. The molecule has 7 heavy (non-hydrogen) atoms. The molecule has 0 saturated heterocycles. The second-order valence-corrected chi connectivity index (χ2v) is 3.15. The zero-order valence-electron chi connectivity index (χ0n) is 3.77. The fourth-order valence-electron chi connectivity index (χ4n) is 0. The molecule has 0 aliphatic heterocycles. The van der Waals surface area contributed by atoms with Crippen LogP contribution >= 0.6 is 7.60 Å². The first kappa shape index (κ1) is 7.11. The van der Waals surface area contributed by atoms with Gasteiger partial charge in [-0.2, -0.15) is 0 Å². The van der Waals surface area contributed by atoms with Crippen molar-refractivity contribution in [3.8, 4) is 0 Å². The molecule has 0 unspecified atom stereocenters. The largest absolute Gasteiger partial charge is 0.381 e. The van der Waals surface area contributed by atoms with Gasteiger partial charge in [-0.25, -0.2) is 0 Å². The van der Waals surface area contributed by atoms with E-state index >= 15 is 0 Å². The molecular formula is C2H7O4P. The van der Waals surface area contributed by atoms with Gasteiger partial charge in [-0.15, -0.1) is 0 Å². The summed E-state index contributed by atoms with van der Waals surface area (Å²) in [6, 6.07) is 0. The predicted molar refractivity (Wildman–Crippen MR) is 23.7 cm³/mol. The molecule has 0 fully saturated rings. The van der Waals surface area contributed by atoms with E-state index in [1.54, 1.807) is 0 Å². The van der Waals surface area contributed by atoms with Gasteiger partial charge in [-0.1, -0.05) is 0 Å². The highest BCUT2D eigenvalue weighted by Crippen LogP contribution is 2.38. The molecule has 0 aliphatic carbocycles. The van der Waals surface area contributed by atoms with Crippen molar-refractivity contribution < 1.29 is 19.5 Å². The number of rotatable bonds is 1. The zero-order chi connectivity index (χ0) is 6.08. The average molecular weight is 126 g/mol. The number of hydrogen-bond acceptors (Lipinski definition) is 2. The molecule has 0 spiro atoms. The van der Waals surface area contributed by atoms with Gasteiger partial charge < -0.3 is 14.9 Å². The van der Waals surface area contributed by atoms with Crippen LogP contribution in [0.4, 0.5) is 0 Å². The minimum atomic E-state index is -4.18. The molecule has 0 bridgehead atoms. The fraction of sp³-hybridized carbons (Fsp3) is 1.00. The summed E-state index contributed by atoms with van der Waals surface area (Å²) in [5.41, 5.74) is 0. The van der Waals surface area contributed by atoms with E-state index in [9.17, 15) is 4.57 Å². The van der Waals surface area contributed by atoms with E-state index in [0.29, 0.717) is 0 Å². The van der Waals surface area contributed by atoms with Crippen LogP contribution in [0.25, 0.3) is 0 Å². The minimum Gasteiger partial charge on any atom is -0.381 e. The van der Waals surface area contributed by atoms with Crippen LogP contribution in [0.5, 0.6) is 0 Å². The van der Waals surface area contributed by atoms with Gasteiger partial charge in [0.25, 0.3) is 0 Å². The van der Waals surface area contributed by atoms with Crippen molar-refractivity contribution in [3.05, 3.63) is 0 Å². The summed E-state index contributed by atoms with van der Waals surface area (Å²) in [7, 11) is -4.18. The Kier molecular flexibility index (Phi) is 1.95. The quantitative estimate of drug-likeness (QED) is 0.414. The van der Waals surface area contributed by atoms with Crippen molar-refractivity contribution in [1.82, 2.24) is 0 Å². The molecule has 5 heteroatoms. The van der Waals surface area contributed by atoms with E-state index in [1.165, 1.54) is 0 Å². The molecule has 0 amide bonds. The van der Waals surface area contributed by atoms with Crippen molar-refractivity contribution >= 4 is 7.60 Å². The highest BCUT2D eigenvalue weighted by molar-refractivity contribution is 7.52. The van der Waals surface area contributed by atoms with Crippen molar-refractivity contribution in [3.63, 3.8) is 0 Å². The van der Waals surface area contributed by atoms with Gasteiger partial charge in [0.1, 0.15) is 0 Å². The van der Waals surface area contributed by atoms with Crippen molar-refractivity contribution in [2.24, 2.45) is 0 Å². The van der Waals surface area contributed by atoms with Gasteiger partial charge in [-0.05, 0) is 6.92 Å². The minimum absolute atomic E-state index is 1.04. The van der Waals surface area contributed by atoms with Crippen LogP contribution in [0.2, 0.25) is 0 Å². The molecule has 44 valence electrons. The maximum absolute atomic E-state index is 9.78. The van der Waals surface area contributed by atoms with Crippen LogP contribution in [0, 0.1) is 0 Å². The zero-order valence-corrected chi connectivity index (χ0v) is 4.67. The first-order valence-corrected chi connectivity index (χ1v) is 3.36. The summed E-state index contributed by atoms with van der Waals surface area (Å²) in [6.07, 6.45) is 0. The lowest BCUT2D eigenvalue weighted by Crippen LogP contribution is -1.98. The predicted octanol–water partition coefficient (Wildman–Crippen LogP) is -0.498. The SMILES string of the molecule is C[C@@H](O)P(=O)(O)O. The van der Waals surface area contributed by atoms with Crippen molar-refractivity contribution in [1.29, 1.82) is 0 Å². The van der Waals surface area contributed by atoms with Crippen LogP contribution in [0.15, 0.2) is 0 Å². The van der Waals surface area contributed by atoms with Crippen LogP contribution in [-0.4, -0.2) is 20.7 Å². The Morgan fingerprint density at radius 3 is 1.71 bits per heavy atom. The van der Waals surface area contributed by atoms with Gasteiger partial charge in [0.15, 0.2) is 5.85 Å². The van der Waals surface area contributed by atoms with Crippen LogP contribution in [-0.2, 0) is 4.57 Å². The number of aliphatic hydroxyl groups is 1. The molecule has 0 aromatic rings. The summed E-state index contributed by atoms with van der Waals surface area (Å²) in [4.78, 5) is 15.9. The van der Waals surface area contributed by atoms with Crippen LogP contribution in [0.1, 0.15) is 6.92 Å². The maximum atomic E-state index is 9.78. The van der Waals surface area contributed by atoms with E-state index in [-0.39, 0.29) is 0 Å². The second-order valence-electron chi connectivity index (χ2n) is 1.22. The average Bonchev–Trinajstić information content (AvgIpc) is 1.31. The van der Waals surface area contributed by atoms with Gasteiger partial charge in [0.05, 0.1) is 0 Å². The Hall–Kier alpha value is 0.110. The van der Waals surface area contributed by atoms with Crippen molar-refractivity contribution in [2.75, 3.05) is 0 Å². The maximum Gasteiger partial charge on any atom is 0.353 e. The Bertz CT molecular complexity index is 91.9.